The molecule has 0 spiro atoms. The van der Waals surface area contributed by atoms with E-state index in [0.29, 0.717) is 18.8 Å². The van der Waals surface area contributed by atoms with Crippen molar-refractivity contribution in [3.05, 3.63) is 29.0 Å². The summed E-state index contributed by atoms with van der Waals surface area (Å²) in [6, 6.07) is 3.68. The minimum Gasteiger partial charge on any atom is -0.381 e. The Morgan fingerprint density at radius 1 is 1.35 bits per heavy atom. The maximum Gasteiger partial charge on any atom is 0.319 e. The van der Waals surface area contributed by atoms with E-state index < -0.39 is 5.82 Å². The van der Waals surface area contributed by atoms with Crippen LogP contribution in [0.3, 0.4) is 0 Å². The number of hydrogen-bond donors (Lipinski definition) is 2. The fraction of sp³-hybridized carbons (Fsp3) is 0.500. The Balaban J connectivity index is 2.15. The van der Waals surface area contributed by atoms with Crippen molar-refractivity contribution in [3.8, 4) is 0 Å². The van der Waals surface area contributed by atoms with Crippen molar-refractivity contribution in [1.29, 1.82) is 0 Å². The molecule has 112 valence electrons. The molecule has 20 heavy (non-hydrogen) atoms. The number of urea groups is 1. The van der Waals surface area contributed by atoms with Crippen LogP contribution in [0.4, 0.5) is 14.9 Å². The van der Waals surface area contributed by atoms with E-state index in [1.165, 1.54) is 18.2 Å². The Bertz CT molecular complexity index is 430. The normalized spacial score (nSPS) is 10.3. The average Bonchev–Trinajstić information content (AvgIpc) is 2.42. The third-order valence-electron chi connectivity index (χ3n) is 2.57. The molecule has 2 N–H and O–H groups in total. The number of ether oxygens (including phenoxy) is 1. The third kappa shape index (κ3) is 6.73. The van der Waals surface area contributed by atoms with Gasteiger partial charge < -0.3 is 15.4 Å². The minimum absolute atomic E-state index is 0.0212. The minimum atomic E-state index is -0.512. The van der Waals surface area contributed by atoms with Gasteiger partial charge in [-0.15, -0.1) is 0 Å². The molecule has 2 amide bonds. The van der Waals surface area contributed by atoms with Crippen molar-refractivity contribution in [2.75, 3.05) is 25.1 Å². The molecule has 0 saturated heterocycles. The maximum atomic E-state index is 12.9. The summed E-state index contributed by atoms with van der Waals surface area (Å²) in [5, 5.41) is 5.25. The van der Waals surface area contributed by atoms with Gasteiger partial charge in [-0.05, 0) is 31.0 Å². The van der Waals surface area contributed by atoms with Gasteiger partial charge in [0.2, 0.25) is 0 Å². The molecule has 6 heteroatoms. The van der Waals surface area contributed by atoms with Gasteiger partial charge in [-0.3, -0.25) is 0 Å². The molecule has 1 aromatic carbocycles. The molecule has 0 atom stereocenters. The molecule has 0 aromatic heterocycles. The van der Waals surface area contributed by atoms with Crippen LogP contribution in [-0.2, 0) is 4.74 Å². The quantitative estimate of drug-likeness (QED) is 0.718. The lowest BCUT2D eigenvalue weighted by atomic mass is 10.3. The summed E-state index contributed by atoms with van der Waals surface area (Å²) in [6.07, 6.45) is 2.92. The first-order valence-electron chi connectivity index (χ1n) is 6.71. The largest absolute Gasteiger partial charge is 0.381 e. The van der Waals surface area contributed by atoms with Gasteiger partial charge >= 0.3 is 6.03 Å². The van der Waals surface area contributed by atoms with Crippen LogP contribution in [0.25, 0.3) is 0 Å². The van der Waals surface area contributed by atoms with E-state index in [-0.39, 0.29) is 11.1 Å². The lowest BCUT2D eigenvalue weighted by molar-refractivity contribution is 0.129. The number of rotatable bonds is 8. The lowest BCUT2D eigenvalue weighted by Crippen LogP contribution is -2.30. The molecule has 0 bridgehead atoms. The molecule has 0 aliphatic heterocycles. The van der Waals surface area contributed by atoms with Gasteiger partial charge in [-0.2, -0.15) is 0 Å². The zero-order valence-electron chi connectivity index (χ0n) is 11.5. The molecule has 0 aliphatic carbocycles. The van der Waals surface area contributed by atoms with Crippen molar-refractivity contribution in [1.82, 2.24) is 5.32 Å². The highest BCUT2D eigenvalue weighted by atomic mass is 35.5. The summed E-state index contributed by atoms with van der Waals surface area (Å²) < 4.78 is 18.3. The van der Waals surface area contributed by atoms with E-state index >= 15 is 0 Å². The number of anilines is 1. The van der Waals surface area contributed by atoms with Gasteiger partial charge in [0, 0.05) is 25.4 Å². The summed E-state index contributed by atoms with van der Waals surface area (Å²) >= 11 is 5.62. The Kier molecular flexibility index (Phi) is 7.99. The van der Waals surface area contributed by atoms with Crippen LogP contribution >= 0.6 is 11.6 Å². The number of halogens is 2. The van der Waals surface area contributed by atoms with Crippen LogP contribution in [0.2, 0.25) is 5.02 Å². The van der Waals surface area contributed by atoms with Crippen molar-refractivity contribution in [2.24, 2.45) is 0 Å². The molecule has 0 saturated carbocycles. The molecule has 0 aliphatic rings. The zero-order chi connectivity index (χ0) is 14.8. The Morgan fingerprint density at radius 3 is 2.80 bits per heavy atom. The van der Waals surface area contributed by atoms with Gasteiger partial charge in [0.05, 0.1) is 5.02 Å². The molecular formula is C14H20ClFN2O2. The molecule has 0 radical (unpaired) electrons. The topological polar surface area (TPSA) is 50.4 Å². The molecule has 0 unspecified atom stereocenters. The SMILES string of the molecule is CCCCOCCCNC(=O)Nc1ccc(F)c(Cl)c1. The standard InChI is InChI=1S/C14H20ClFN2O2/c1-2-3-8-20-9-4-7-17-14(19)18-11-5-6-13(16)12(15)10-11/h5-6,10H,2-4,7-9H2,1H3,(H2,17,18,19). The highest BCUT2D eigenvalue weighted by Gasteiger charge is 2.04. The Hall–Kier alpha value is -1.33. The van der Waals surface area contributed by atoms with E-state index in [2.05, 4.69) is 17.6 Å². The molecule has 0 fully saturated rings. The van der Waals surface area contributed by atoms with Gasteiger partial charge in [0.1, 0.15) is 5.82 Å². The highest BCUT2D eigenvalue weighted by molar-refractivity contribution is 6.31. The monoisotopic (exact) mass is 302 g/mol. The van der Waals surface area contributed by atoms with Crippen molar-refractivity contribution < 1.29 is 13.9 Å². The first kappa shape index (κ1) is 16.7. The van der Waals surface area contributed by atoms with Gasteiger partial charge in [0.25, 0.3) is 0 Å². The zero-order valence-corrected chi connectivity index (χ0v) is 12.3. The van der Waals surface area contributed by atoms with Crippen LogP contribution in [0, 0.1) is 5.82 Å². The number of carbonyl (C=O) groups is 1. The molecule has 0 heterocycles. The van der Waals surface area contributed by atoms with Crippen LogP contribution in [-0.4, -0.2) is 25.8 Å². The van der Waals surface area contributed by atoms with Crippen LogP contribution in [0.1, 0.15) is 26.2 Å². The summed E-state index contributed by atoms with van der Waals surface area (Å²) in [7, 11) is 0. The Labute approximate surface area is 123 Å². The number of benzene rings is 1. The van der Waals surface area contributed by atoms with Crippen molar-refractivity contribution in [3.63, 3.8) is 0 Å². The smallest absolute Gasteiger partial charge is 0.319 e. The third-order valence-corrected chi connectivity index (χ3v) is 2.86. The fourth-order valence-electron chi connectivity index (χ4n) is 1.47. The number of unbranched alkanes of at least 4 members (excludes halogenated alkanes) is 1. The maximum absolute atomic E-state index is 12.9. The molecule has 1 rings (SSSR count). The van der Waals surface area contributed by atoms with Gasteiger partial charge in [0.15, 0.2) is 0 Å². The van der Waals surface area contributed by atoms with Crippen molar-refractivity contribution >= 4 is 23.3 Å². The first-order chi connectivity index (χ1) is 9.63. The predicted octanol–water partition coefficient (Wildman–Crippen LogP) is 3.81. The number of hydrogen-bond acceptors (Lipinski definition) is 2. The summed E-state index contributed by atoms with van der Waals surface area (Å²) in [6.45, 7) is 4.02. The summed E-state index contributed by atoms with van der Waals surface area (Å²) in [5.41, 5.74) is 0.452. The second-order valence-corrected chi connectivity index (χ2v) is 4.74. The number of amides is 2. The molecule has 4 nitrogen and oxygen atoms in total. The van der Waals surface area contributed by atoms with Crippen LogP contribution < -0.4 is 10.6 Å². The lowest BCUT2D eigenvalue weighted by Gasteiger charge is -2.08. The first-order valence-corrected chi connectivity index (χ1v) is 7.09. The number of nitrogens with one attached hydrogen (secondary N) is 2. The predicted molar refractivity (Wildman–Crippen MR) is 78.8 cm³/mol. The van der Waals surface area contributed by atoms with E-state index in [9.17, 15) is 9.18 Å². The second-order valence-electron chi connectivity index (χ2n) is 4.33. The highest BCUT2D eigenvalue weighted by Crippen LogP contribution is 2.19. The average molecular weight is 303 g/mol. The fourth-order valence-corrected chi connectivity index (χ4v) is 1.65. The van der Waals surface area contributed by atoms with Crippen molar-refractivity contribution in [2.45, 2.75) is 26.2 Å². The van der Waals surface area contributed by atoms with E-state index in [1.807, 2.05) is 0 Å². The Morgan fingerprint density at radius 2 is 2.10 bits per heavy atom. The van der Waals surface area contributed by atoms with E-state index in [0.717, 1.165) is 25.9 Å². The van der Waals surface area contributed by atoms with Gasteiger partial charge in [-0.25, -0.2) is 9.18 Å². The van der Waals surface area contributed by atoms with Crippen LogP contribution in [0.5, 0.6) is 0 Å². The summed E-state index contributed by atoms with van der Waals surface area (Å²) in [4.78, 5) is 11.5. The van der Waals surface area contributed by atoms with Crippen LogP contribution in [0.15, 0.2) is 18.2 Å². The number of carbonyl (C=O) groups excluding carboxylic acids is 1. The van der Waals surface area contributed by atoms with E-state index in [4.69, 9.17) is 16.3 Å². The second kappa shape index (κ2) is 9.55. The molecular weight excluding hydrogens is 283 g/mol. The van der Waals surface area contributed by atoms with E-state index in [1.54, 1.807) is 0 Å². The summed E-state index contributed by atoms with van der Waals surface area (Å²) in [5.74, 6) is -0.512. The molecule has 1 aromatic rings. The van der Waals surface area contributed by atoms with Gasteiger partial charge in [-0.1, -0.05) is 24.9 Å².